The SMILES string of the molecule is CC(C(=O)O)c1ccc(CSc2ccc(Cl)cc2N)cc1. The third-order valence-corrected chi connectivity index (χ3v) is 4.61. The van der Waals surface area contributed by atoms with E-state index >= 15 is 0 Å². The maximum atomic E-state index is 10.9. The summed E-state index contributed by atoms with van der Waals surface area (Å²) in [5, 5.41) is 9.61. The first-order valence-corrected chi connectivity index (χ1v) is 7.83. The number of rotatable bonds is 5. The Bertz CT molecular complexity index is 643. The molecule has 110 valence electrons. The molecule has 1 atom stereocenters. The molecule has 3 N–H and O–H groups in total. The van der Waals surface area contributed by atoms with Crippen LogP contribution in [-0.4, -0.2) is 11.1 Å². The van der Waals surface area contributed by atoms with Gasteiger partial charge in [-0.05, 0) is 36.2 Å². The van der Waals surface area contributed by atoms with Crippen LogP contribution >= 0.6 is 23.4 Å². The number of hydrogen-bond donors (Lipinski definition) is 2. The second kappa shape index (κ2) is 6.87. The highest BCUT2D eigenvalue weighted by Crippen LogP contribution is 2.30. The van der Waals surface area contributed by atoms with Gasteiger partial charge in [-0.15, -0.1) is 11.8 Å². The van der Waals surface area contributed by atoms with Crippen LogP contribution in [0.25, 0.3) is 0 Å². The maximum absolute atomic E-state index is 10.9. The van der Waals surface area contributed by atoms with E-state index in [1.54, 1.807) is 24.8 Å². The molecule has 21 heavy (non-hydrogen) atoms. The zero-order valence-corrected chi connectivity index (χ0v) is 13.1. The van der Waals surface area contributed by atoms with Gasteiger partial charge < -0.3 is 10.8 Å². The third-order valence-electron chi connectivity index (χ3n) is 3.22. The molecule has 2 rings (SSSR count). The summed E-state index contributed by atoms with van der Waals surface area (Å²) in [6.07, 6.45) is 0. The summed E-state index contributed by atoms with van der Waals surface area (Å²) in [5.74, 6) is -0.530. The molecule has 5 heteroatoms. The zero-order valence-electron chi connectivity index (χ0n) is 11.5. The van der Waals surface area contributed by atoms with Crippen LogP contribution in [-0.2, 0) is 10.5 Å². The van der Waals surface area contributed by atoms with Gasteiger partial charge in [0.15, 0.2) is 0 Å². The number of carboxylic acid groups (broad SMARTS) is 1. The molecule has 0 saturated heterocycles. The summed E-state index contributed by atoms with van der Waals surface area (Å²) in [4.78, 5) is 11.9. The van der Waals surface area contributed by atoms with Crippen LogP contribution in [0.1, 0.15) is 24.0 Å². The van der Waals surface area contributed by atoms with Crippen LogP contribution in [0.2, 0.25) is 5.02 Å². The van der Waals surface area contributed by atoms with Crippen LogP contribution in [0.5, 0.6) is 0 Å². The molecule has 0 heterocycles. The number of nitrogen functional groups attached to an aromatic ring is 1. The number of nitrogens with two attached hydrogens (primary N) is 1. The number of thioether (sulfide) groups is 1. The van der Waals surface area contributed by atoms with Crippen molar-refractivity contribution in [2.45, 2.75) is 23.5 Å². The quantitative estimate of drug-likeness (QED) is 0.632. The van der Waals surface area contributed by atoms with Gasteiger partial charge in [0, 0.05) is 21.4 Å². The average Bonchev–Trinajstić information content (AvgIpc) is 2.46. The molecular formula is C16H16ClNO2S. The Morgan fingerprint density at radius 1 is 1.29 bits per heavy atom. The second-order valence-corrected chi connectivity index (χ2v) is 6.23. The van der Waals surface area contributed by atoms with E-state index in [4.69, 9.17) is 22.4 Å². The number of anilines is 1. The van der Waals surface area contributed by atoms with Gasteiger partial charge in [0.05, 0.1) is 5.92 Å². The van der Waals surface area contributed by atoms with E-state index in [0.29, 0.717) is 10.7 Å². The molecule has 0 aromatic heterocycles. The molecule has 0 spiro atoms. The van der Waals surface area contributed by atoms with Crippen molar-refractivity contribution in [3.05, 3.63) is 58.6 Å². The number of carbonyl (C=O) groups is 1. The lowest BCUT2D eigenvalue weighted by Gasteiger charge is -2.09. The topological polar surface area (TPSA) is 63.3 Å². The van der Waals surface area contributed by atoms with Gasteiger partial charge in [0.1, 0.15) is 0 Å². The minimum absolute atomic E-state index is 0.487. The van der Waals surface area contributed by atoms with Crippen molar-refractivity contribution in [1.82, 2.24) is 0 Å². The van der Waals surface area contributed by atoms with Crippen molar-refractivity contribution in [3.63, 3.8) is 0 Å². The largest absolute Gasteiger partial charge is 0.481 e. The Morgan fingerprint density at radius 3 is 2.52 bits per heavy atom. The number of carboxylic acids is 1. The molecule has 3 nitrogen and oxygen atoms in total. The predicted molar refractivity (Wildman–Crippen MR) is 87.9 cm³/mol. The van der Waals surface area contributed by atoms with Gasteiger partial charge in [-0.3, -0.25) is 4.79 Å². The Balaban J connectivity index is 2.02. The summed E-state index contributed by atoms with van der Waals surface area (Å²) in [7, 11) is 0. The fourth-order valence-electron chi connectivity index (χ4n) is 1.86. The van der Waals surface area contributed by atoms with E-state index in [9.17, 15) is 4.79 Å². The van der Waals surface area contributed by atoms with E-state index < -0.39 is 11.9 Å². The summed E-state index contributed by atoms with van der Waals surface area (Å²) in [5.41, 5.74) is 8.51. The van der Waals surface area contributed by atoms with E-state index in [0.717, 1.165) is 21.8 Å². The standard InChI is InChI=1S/C16H16ClNO2S/c1-10(16(19)20)12-4-2-11(3-5-12)9-21-15-7-6-13(17)8-14(15)18/h2-8,10H,9,18H2,1H3,(H,19,20). The first kappa shape index (κ1) is 15.7. The lowest BCUT2D eigenvalue weighted by molar-refractivity contribution is -0.138. The van der Waals surface area contributed by atoms with E-state index in [1.807, 2.05) is 36.4 Å². The molecule has 0 aliphatic heterocycles. The van der Waals surface area contributed by atoms with Crippen LogP contribution in [0.15, 0.2) is 47.4 Å². The Hall–Kier alpha value is -1.65. The highest BCUT2D eigenvalue weighted by molar-refractivity contribution is 7.98. The number of hydrogen-bond acceptors (Lipinski definition) is 3. The minimum atomic E-state index is -0.814. The molecular weight excluding hydrogens is 306 g/mol. The van der Waals surface area contributed by atoms with Crippen molar-refractivity contribution in [1.29, 1.82) is 0 Å². The molecule has 0 radical (unpaired) electrons. The monoisotopic (exact) mass is 321 g/mol. The van der Waals surface area contributed by atoms with Gasteiger partial charge >= 0.3 is 5.97 Å². The highest BCUT2D eigenvalue weighted by atomic mass is 35.5. The van der Waals surface area contributed by atoms with E-state index in [-0.39, 0.29) is 0 Å². The fraction of sp³-hybridized carbons (Fsp3) is 0.188. The first-order valence-electron chi connectivity index (χ1n) is 6.47. The second-order valence-electron chi connectivity index (χ2n) is 4.77. The fourth-order valence-corrected chi connectivity index (χ4v) is 2.94. The van der Waals surface area contributed by atoms with E-state index in [1.165, 1.54) is 0 Å². The van der Waals surface area contributed by atoms with Crippen LogP contribution in [0.3, 0.4) is 0 Å². The summed E-state index contributed by atoms with van der Waals surface area (Å²) >= 11 is 7.50. The van der Waals surface area contributed by atoms with Gasteiger partial charge in [-0.2, -0.15) is 0 Å². The summed E-state index contributed by atoms with van der Waals surface area (Å²) < 4.78 is 0. The Morgan fingerprint density at radius 2 is 1.95 bits per heavy atom. The van der Waals surface area contributed by atoms with E-state index in [2.05, 4.69) is 0 Å². The lowest BCUT2D eigenvalue weighted by Crippen LogP contribution is -2.07. The lowest BCUT2D eigenvalue weighted by atomic mass is 10.0. The van der Waals surface area contributed by atoms with Crippen molar-refractivity contribution in [3.8, 4) is 0 Å². The van der Waals surface area contributed by atoms with Crippen molar-refractivity contribution >= 4 is 35.0 Å². The Kier molecular flexibility index (Phi) is 5.15. The van der Waals surface area contributed by atoms with Gasteiger partial charge in [-0.1, -0.05) is 35.9 Å². The van der Waals surface area contributed by atoms with Crippen molar-refractivity contribution in [2.75, 3.05) is 5.73 Å². The molecule has 0 amide bonds. The third kappa shape index (κ3) is 4.16. The summed E-state index contributed by atoms with van der Waals surface area (Å²) in [6.45, 7) is 1.68. The molecule has 0 aliphatic carbocycles. The normalized spacial score (nSPS) is 12.1. The molecule has 0 fully saturated rings. The van der Waals surface area contributed by atoms with Gasteiger partial charge in [-0.25, -0.2) is 0 Å². The highest BCUT2D eigenvalue weighted by Gasteiger charge is 2.13. The van der Waals surface area contributed by atoms with Crippen molar-refractivity contribution in [2.24, 2.45) is 0 Å². The zero-order chi connectivity index (χ0) is 15.4. The van der Waals surface area contributed by atoms with Gasteiger partial charge in [0.2, 0.25) is 0 Å². The van der Waals surface area contributed by atoms with Gasteiger partial charge in [0.25, 0.3) is 0 Å². The predicted octanol–water partition coefficient (Wildman–Crippen LogP) is 4.40. The molecule has 2 aromatic rings. The molecule has 1 unspecified atom stereocenters. The molecule has 0 bridgehead atoms. The smallest absolute Gasteiger partial charge is 0.310 e. The first-order chi connectivity index (χ1) is 9.97. The average molecular weight is 322 g/mol. The minimum Gasteiger partial charge on any atom is -0.481 e. The maximum Gasteiger partial charge on any atom is 0.310 e. The molecule has 0 saturated carbocycles. The van der Waals surface area contributed by atoms with Crippen molar-refractivity contribution < 1.29 is 9.90 Å². The molecule has 0 aliphatic rings. The molecule has 2 aromatic carbocycles. The van der Waals surface area contributed by atoms with Crippen LogP contribution in [0, 0.1) is 0 Å². The number of aliphatic carboxylic acids is 1. The van der Waals surface area contributed by atoms with Crippen LogP contribution < -0.4 is 5.73 Å². The Labute approximate surface area is 133 Å². The number of benzene rings is 2. The number of halogens is 1. The summed E-state index contributed by atoms with van der Waals surface area (Å²) in [6, 6.07) is 13.1. The van der Waals surface area contributed by atoms with Crippen LogP contribution in [0.4, 0.5) is 5.69 Å².